The first-order valence-corrected chi connectivity index (χ1v) is 20.1. The summed E-state index contributed by atoms with van der Waals surface area (Å²) < 4.78 is 33.0. The van der Waals surface area contributed by atoms with Gasteiger partial charge in [0, 0.05) is 44.1 Å². The number of imidazole rings is 1. The molecule has 3 saturated heterocycles. The van der Waals surface area contributed by atoms with Gasteiger partial charge in [0.15, 0.2) is 29.4 Å². The van der Waals surface area contributed by atoms with Gasteiger partial charge in [-0.3, -0.25) is 14.4 Å². The first-order chi connectivity index (χ1) is 26.4. The Morgan fingerprint density at radius 3 is 2.39 bits per heavy atom. The molecule has 2 unspecified atom stereocenters. The summed E-state index contributed by atoms with van der Waals surface area (Å²) in [7, 11) is 1.49. The van der Waals surface area contributed by atoms with Gasteiger partial charge < -0.3 is 38.3 Å². The van der Waals surface area contributed by atoms with Crippen LogP contribution in [0.4, 0.5) is 4.79 Å². The Balaban J connectivity index is 1.47. The highest BCUT2D eigenvalue weighted by Crippen LogP contribution is 2.43. The Labute approximate surface area is 330 Å². The van der Waals surface area contributed by atoms with Gasteiger partial charge in [0.05, 0.1) is 30.2 Å². The summed E-state index contributed by atoms with van der Waals surface area (Å²) in [6.45, 7) is 20.9. The first kappa shape index (κ1) is 43.4. The number of esters is 1. The Bertz CT molecular complexity index is 1750. The summed E-state index contributed by atoms with van der Waals surface area (Å²) in [4.78, 5) is 67.0. The lowest BCUT2D eigenvalue weighted by atomic mass is 9.73. The van der Waals surface area contributed by atoms with Crippen molar-refractivity contribution in [2.75, 3.05) is 13.7 Å². The molecule has 56 heavy (non-hydrogen) atoms. The molecule has 0 bridgehead atoms. The molecular weight excluding hydrogens is 720 g/mol. The molecule has 0 spiro atoms. The number of fused-ring (bicyclic) bond motifs is 2. The number of nitrogens with zero attached hydrogens (tertiary/aromatic N) is 4. The summed E-state index contributed by atoms with van der Waals surface area (Å²) in [6, 6.07) is 2.87. The lowest BCUT2D eigenvalue weighted by Crippen LogP contribution is -2.59. The number of aliphatic hydroxyl groups excluding tert-OH is 1. The van der Waals surface area contributed by atoms with Crippen LogP contribution in [-0.4, -0.2) is 110 Å². The molecular formula is C42H62N4O10. The van der Waals surface area contributed by atoms with Crippen molar-refractivity contribution < 1.29 is 48.0 Å². The van der Waals surface area contributed by atoms with Gasteiger partial charge in [-0.15, -0.1) is 0 Å². The molecule has 14 nitrogen and oxygen atoms in total. The number of aryl methyl sites for hydroxylation is 1. The normalized spacial score (nSPS) is 37.6. The summed E-state index contributed by atoms with van der Waals surface area (Å²) in [5.41, 5.74) is -1.22. The van der Waals surface area contributed by atoms with Gasteiger partial charge in [-0.2, -0.15) is 0 Å². The molecule has 3 fully saturated rings. The first-order valence-electron chi connectivity index (χ1n) is 20.1. The van der Waals surface area contributed by atoms with Crippen LogP contribution in [0.1, 0.15) is 88.0 Å². The van der Waals surface area contributed by atoms with E-state index in [4.69, 9.17) is 23.7 Å². The van der Waals surface area contributed by atoms with E-state index >= 15 is 0 Å². The fraction of sp³-hybridized carbons (Fsp3) is 0.714. The number of ketones is 2. The SMILES string of the molecule is C=CC1OC(=O)[C@H](C)C(=O)[C@H](C)C(O[C@@H]2O[C@H](C)C[C@H](C(C)C)[C@H]2O)[C@](C)(OC)C[C@@H](C)C(=O)[C@H](C)[C@@H]2N(CCCCn3cnc4cccnc43)C(=O)O[C@]12C. The number of aromatic nitrogens is 3. The highest BCUT2D eigenvalue weighted by Gasteiger charge is 2.60. The standard InChI is InChI=1S/C42H62N4O10/c1-12-31-42(10)35(46(40(51)56-42)19-14-13-18-45-22-44-30-16-15-17-43-37(30)45)26(6)32(47)24(4)21-41(9,52-11)36(27(7)33(48)28(8)38(50)54-31)55-39-34(49)29(23(2)3)20-25(5)53-39/h12,15-17,22-29,31,34-36,39,49H,1,13-14,18-21H2,2-11H3/t24-,25-,26+,27+,28-,29-,31?,34-,35+,36?,39+,41-,42-/m1/s1. The minimum atomic E-state index is -1.51. The van der Waals surface area contributed by atoms with E-state index in [0.717, 1.165) is 11.2 Å². The number of hydrogen-bond donors (Lipinski definition) is 1. The molecule has 5 rings (SSSR count). The molecule has 1 N–H and O–H groups in total. The van der Waals surface area contributed by atoms with E-state index in [1.54, 1.807) is 52.0 Å². The average Bonchev–Trinajstić information content (AvgIpc) is 3.70. The number of hydrogen-bond acceptors (Lipinski definition) is 12. The number of amides is 1. The lowest BCUT2D eigenvalue weighted by Gasteiger charge is -2.46. The molecule has 2 aromatic rings. The van der Waals surface area contributed by atoms with Gasteiger partial charge in [0.1, 0.15) is 23.3 Å². The molecule has 0 saturated carbocycles. The largest absolute Gasteiger partial charge is 0.453 e. The zero-order valence-corrected chi connectivity index (χ0v) is 34.7. The minimum absolute atomic E-state index is 0.121. The Morgan fingerprint density at radius 1 is 1.04 bits per heavy atom. The van der Waals surface area contributed by atoms with Crippen molar-refractivity contribution >= 4 is 34.8 Å². The second-order valence-corrected chi connectivity index (χ2v) is 17.0. The van der Waals surface area contributed by atoms with E-state index in [-0.39, 0.29) is 36.7 Å². The number of cyclic esters (lactones) is 1. The molecule has 0 aliphatic carbocycles. The van der Waals surface area contributed by atoms with E-state index in [2.05, 4.69) is 16.5 Å². The zero-order valence-electron chi connectivity index (χ0n) is 34.7. The Kier molecular flexibility index (Phi) is 13.5. The van der Waals surface area contributed by atoms with Crippen LogP contribution in [0.2, 0.25) is 0 Å². The van der Waals surface area contributed by atoms with Crippen molar-refractivity contribution in [2.24, 2.45) is 35.5 Å². The molecule has 13 atom stereocenters. The quantitative estimate of drug-likeness (QED) is 0.139. The third-order valence-electron chi connectivity index (χ3n) is 12.6. The molecule has 5 heterocycles. The van der Waals surface area contributed by atoms with Crippen molar-refractivity contribution in [2.45, 2.75) is 142 Å². The predicted molar refractivity (Wildman–Crippen MR) is 207 cm³/mol. The van der Waals surface area contributed by atoms with Crippen LogP contribution in [0.3, 0.4) is 0 Å². The van der Waals surface area contributed by atoms with E-state index in [1.165, 1.54) is 20.1 Å². The number of Topliss-reactive ketones (excluding diaryl/α,β-unsaturated/α-hetero) is 2. The van der Waals surface area contributed by atoms with Crippen molar-refractivity contribution in [3.05, 3.63) is 37.3 Å². The summed E-state index contributed by atoms with van der Waals surface area (Å²) >= 11 is 0. The topological polar surface area (TPSA) is 169 Å². The van der Waals surface area contributed by atoms with Crippen molar-refractivity contribution in [3.63, 3.8) is 0 Å². The third kappa shape index (κ3) is 8.44. The summed E-state index contributed by atoms with van der Waals surface area (Å²) in [5, 5.41) is 11.5. The van der Waals surface area contributed by atoms with Crippen LogP contribution in [0.5, 0.6) is 0 Å². The molecule has 3 aliphatic rings. The van der Waals surface area contributed by atoms with Gasteiger partial charge in [0.25, 0.3) is 0 Å². The van der Waals surface area contributed by atoms with Crippen LogP contribution in [0, 0.1) is 35.5 Å². The van der Waals surface area contributed by atoms with Gasteiger partial charge in [0.2, 0.25) is 0 Å². The summed E-state index contributed by atoms with van der Waals surface area (Å²) in [5.74, 6) is -5.16. The number of carbonyl (C=O) groups is 4. The monoisotopic (exact) mass is 782 g/mol. The Hall–Kier alpha value is -3.72. The number of carbonyl (C=O) groups excluding carboxylic acids is 4. The second kappa shape index (κ2) is 17.4. The van der Waals surface area contributed by atoms with Gasteiger partial charge in [-0.1, -0.05) is 41.2 Å². The van der Waals surface area contributed by atoms with Crippen molar-refractivity contribution in [1.29, 1.82) is 0 Å². The van der Waals surface area contributed by atoms with Crippen molar-refractivity contribution in [3.8, 4) is 0 Å². The fourth-order valence-electron chi connectivity index (χ4n) is 9.30. The highest BCUT2D eigenvalue weighted by atomic mass is 16.7. The number of aliphatic hydroxyl groups is 1. The van der Waals surface area contributed by atoms with Crippen LogP contribution in [0.15, 0.2) is 37.3 Å². The number of ether oxygens (including phenoxy) is 5. The molecule has 14 heteroatoms. The lowest BCUT2D eigenvalue weighted by molar-refractivity contribution is -0.299. The Morgan fingerprint density at radius 2 is 1.73 bits per heavy atom. The minimum Gasteiger partial charge on any atom is -0.453 e. The molecule has 0 aromatic carbocycles. The average molecular weight is 783 g/mol. The second-order valence-electron chi connectivity index (χ2n) is 17.0. The van der Waals surface area contributed by atoms with Gasteiger partial charge >= 0.3 is 12.1 Å². The van der Waals surface area contributed by atoms with Crippen LogP contribution >= 0.6 is 0 Å². The van der Waals surface area contributed by atoms with Gasteiger partial charge in [-0.05, 0) is 83.4 Å². The third-order valence-corrected chi connectivity index (χ3v) is 12.6. The number of rotatable bonds is 10. The molecule has 0 radical (unpaired) electrons. The fourth-order valence-corrected chi connectivity index (χ4v) is 9.30. The smallest absolute Gasteiger partial charge is 0.410 e. The number of unbranched alkanes of at least 4 members (excludes halogenated alkanes) is 1. The highest BCUT2D eigenvalue weighted by molar-refractivity contribution is 6.00. The van der Waals surface area contributed by atoms with Crippen LogP contribution in [0.25, 0.3) is 11.2 Å². The zero-order chi connectivity index (χ0) is 41.3. The number of pyridine rings is 1. The van der Waals surface area contributed by atoms with Crippen molar-refractivity contribution in [1.82, 2.24) is 19.4 Å². The van der Waals surface area contributed by atoms with Crippen LogP contribution < -0.4 is 0 Å². The molecule has 3 aliphatic heterocycles. The predicted octanol–water partition coefficient (Wildman–Crippen LogP) is 5.53. The van der Waals surface area contributed by atoms with E-state index in [9.17, 15) is 24.3 Å². The van der Waals surface area contributed by atoms with Crippen LogP contribution in [-0.2, 0) is 44.6 Å². The molecule has 2 aromatic heterocycles. The van der Waals surface area contributed by atoms with E-state index in [1.807, 2.05) is 37.5 Å². The van der Waals surface area contributed by atoms with E-state index in [0.29, 0.717) is 25.8 Å². The maximum Gasteiger partial charge on any atom is 0.410 e. The maximum atomic E-state index is 14.7. The molecule has 310 valence electrons. The maximum absolute atomic E-state index is 14.7. The number of methoxy groups -OCH3 is 1. The van der Waals surface area contributed by atoms with E-state index < -0.39 is 83.4 Å². The van der Waals surface area contributed by atoms with Gasteiger partial charge in [-0.25, -0.2) is 14.8 Å². The summed E-state index contributed by atoms with van der Waals surface area (Å²) in [6.07, 6.45) is 1.67. The molecule has 1 amide bonds.